The summed E-state index contributed by atoms with van der Waals surface area (Å²) in [4.78, 5) is 5.02. The molecule has 0 saturated carbocycles. The second kappa shape index (κ2) is 9.50. The molecule has 0 radical (unpaired) electrons. The lowest BCUT2D eigenvalue weighted by molar-refractivity contribution is 1.47. The van der Waals surface area contributed by atoms with Gasteiger partial charge in [0.1, 0.15) is 0 Å². The average molecular weight is 397 g/mol. The molecule has 0 amide bonds. The van der Waals surface area contributed by atoms with E-state index in [4.69, 9.17) is 0 Å². The van der Waals surface area contributed by atoms with E-state index in [9.17, 15) is 0 Å². The summed E-state index contributed by atoms with van der Waals surface area (Å²) in [5.74, 6) is 0. The first kappa shape index (κ1) is 18.7. The fourth-order valence-electron chi connectivity index (χ4n) is 2.86. The molecule has 0 spiro atoms. The first-order valence-electron chi connectivity index (χ1n) is 9.21. The Kier molecular flexibility index (Phi) is 6.33. The standard InChI is InChI=1S/C26H20S2/c1-5-13-21(14-6-1)25(27-23-17-9-3-10-18-23)26(22-15-7-2-8-16-22)28-24-19-11-4-12-20-24/h1-20H/b26-25+. The third-order valence-corrected chi connectivity index (χ3v) is 6.64. The minimum Gasteiger partial charge on any atom is -0.0883 e. The van der Waals surface area contributed by atoms with Gasteiger partial charge >= 0.3 is 0 Å². The van der Waals surface area contributed by atoms with Gasteiger partial charge in [-0.15, -0.1) is 0 Å². The maximum atomic E-state index is 2.19. The van der Waals surface area contributed by atoms with Crippen LogP contribution in [0.15, 0.2) is 131 Å². The predicted octanol–water partition coefficient (Wildman–Crippen LogP) is 8.10. The molecule has 136 valence electrons. The van der Waals surface area contributed by atoms with Gasteiger partial charge in [-0.1, -0.05) is 121 Å². The average Bonchev–Trinajstić information content (AvgIpc) is 2.79. The van der Waals surface area contributed by atoms with Crippen LogP contribution in [0.2, 0.25) is 0 Å². The van der Waals surface area contributed by atoms with Gasteiger partial charge in [0.05, 0.1) is 0 Å². The lowest BCUT2D eigenvalue weighted by atomic mass is 10.1. The Balaban J connectivity index is 1.88. The van der Waals surface area contributed by atoms with Crippen molar-refractivity contribution in [2.24, 2.45) is 0 Å². The fraction of sp³-hybridized carbons (Fsp3) is 0. The van der Waals surface area contributed by atoms with Crippen LogP contribution in [0.5, 0.6) is 0 Å². The summed E-state index contributed by atoms with van der Waals surface area (Å²) in [6.07, 6.45) is 0. The molecular formula is C26H20S2. The molecule has 0 fully saturated rings. The molecule has 0 heterocycles. The van der Waals surface area contributed by atoms with Crippen molar-refractivity contribution in [3.8, 4) is 0 Å². The molecule has 4 aromatic rings. The van der Waals surface area contributed by atoms with E-state index in [2.05, 4.69) is 121 Å². The molecule has 0 aliphatic rings. The van der Waals surface area contributed by atoms with E-state index in [1.807, 2.05) is 23.5 Å². The van der Waals surface area contributed by atoms with Crippen LogP contribution in [-0.4, -0.2) is 0 Å². The number of hydrogen-bond acceptors (Lipinski definition) is 2. The first-order valence-corrected chi connectivity index (χ1v) is 10.8. The smallest absolute Gasteiger partial charge is 0.0340 e. The Morgan fingerprint density at radius 2 is 0.643 bits per heavy atom. The van der Waals surface area contributed by atoms with Crippen molar-refractivity contribution >= 4 is 33.3 Å². The zero-order valence-electron chi connectivity index (χ0n) is 15.4. The van der Waals surface area contributed by atoms with Crippen LogP contribution in [-0.2, 0) is 0 Å². The Morgan fingerprint density at radius 1 is 0.357 bits per heavy atom. The number of thioether (sulfide) groups is 2. The lowest BCUT2D eigenvalue weighted by Gasteiger charge is -2.16. The Labute approximate surface area is 175 Å². The minimum absolute atomic E-state index is 1.23. The van der Waals surface area contributed by atoms with E-state index in [-0.39, 0.29) is 0 Å². The van der Waals surface area contributed by atoms with Crippen molar-refractivity contribution in [1.29, 1.82) is 0 Å². The highest BCUT2D eigenvalue weighted by molar-refractivity contribution is 8.13. The van der Waals surface area contributed by atoms with E-state index in [0.29, 0.717) is 0 Å². The van der Waals surface area contributed by atoms with Crippen molar-refractivity contribution < 1.29 is 0 Å². The van der Waals surface area contributed by atoms with Gasteiger partial charge in [-0.05, 0) is 35.4 Å². The summed E-state index contributed by atoms with van der Waals surface area (Å²) in [5, 5.41) is 0. The molecule has 28 heavy (non-hydrogen) atoms. The molecule has 0 aliphatic carbocycles. The summed E-state index contributed by atoms with van der Waals surface area (Å²) < 4.78 is 0. The molecule has 0 N–H and O–H groups in total. The quantitative estimate of drug-likeness (QED) is 0.238. The van der Waals surface area contributed by atoms with Crippen molar-refractivity contribution in [1.82, 2.24) is 0 Å². The van der Waals surface area contributed by atoms with Crippen LogP contribution in [0.4, 0.5) is 0 Å². The molecule has 4 aromatic carbocycles. The van der Waals surface area contributed by atoms with Crippen LogP contribution in [0.3, 0.4) is 0 Å². The van der Waals surface area contributed by atoms with Gasteiger partial charge in [-0.2, -0.15) is 0 Å². The highest BCUT2D eigenvalue weighted by atomic mass is 32.2. The third kappa shape index (κ3) is 4.78. The highest BCUT2D eigenvalue weighted by Gasteiger charge is 2.15. The van der Waals surface area contributed by atoms with Crippen LogP contribution in [0.25, 0.3) is 9.81 Å². The van der Waals surface area contributed by atoms with Gasteiger partial charge in [0.15, 0.2) is 0 Å². The fourth-order valence-corrected chi connectivity index (χ4v) is 5.10. The van der Waals surface area contributed by atoms with E-state index in [1.54, 1.807) is 0 Å². The van der Waals surface area contributed by atoms with Gasteiger partial charge in [0.2, 0.25) is 0 Å². The summed E-state index contributed by atoms with van der Waals surface area (Å²) in [7, 11) is 0. The highest BCUT2D eigenvalue weighted by Crippen LogP contribution is 2.46. The molecule has 0 atom stereocenters. The topological polar surface area (TPSA) is 0 Å². The molecule has 0 aliphatic heterocycles. The summed E-state index contributed by atoms with van der Waals surface area (Å²) in [5.41, 5.74) is 2.47. The Morgan fingerprint density at radius 3 is 0.964 bits per heavy atom. The SMILES string of the molecule is c1ccc(S/C(=C(/Sc2ccccc2)c2ccccc2)c2ccccc2)cc1. The van der Waals surface area contributed by atoms with Gasteiger partial charge in [0, 0.05) is 19.6 Å². The first-order chi connectivity index (χ1) is 13.9. The van der Waals surface area contributed by atoms with Gasteiger partial charge in [-0.25, -0.2) is 0 Å². The minimum atomic E-state index is 1.23. The third-order valence-electron chi connectivity index (χ3n) is 4.20. The van der Waals surface area contributed by atoms with Gasteiger partial charge in [0.25, 0.3) is 0 Å². The number of rotatable bonds is 6. The van der Waals surface area contributed by atoms with E-state index < -0.39 is 0 Å². The van der Waals surface area contributed by atoms with E-state index >= 15 is 0 Å². The van der Waals surface area contributed by atoms with E-state index in [0.717, 1.165) is 0 Å². The Bertz CT molecular complexity index is 938. The van der Waals surface area contributed by atoms with Crippen molar-refractivity contribution in [3.05, 3.63) is 132 Å². The van der Waals surface area contributed by atoms with Crippen molar-refractivity contribution in [2.45, 2.75) is 9.79 Å². The number of hydrogen-bond donors (Lipinski definition) is 0. The van der Waals surface area contributed by atoms with E-state index in [1.165, 1.54) is 30.7 Å². The largest absolute Gasteiger partial charge is 0.0883 e. The second-order valence-corrected chi connectivity index (χ2v) is 8.39. The lowest BCUT2D eigenvalue weighted by Crippen LogP contribution is -1.88. The predicted molar refractivity (Wildman–Crippen MR) is 124 cm³/mol. The van der Waals surface area contributed by atoms with Crippen molar-refractivity contribution in [2.75, 3.05) is 0 Å². The maximum absolute atomic E-state index is 2.19. The summed E-state index contributed by atoms with van der Waals surface area (Å²) in [6.45, 7) is 0. The Hall–Kier alpha value is -2.68. The second-order valence-electron chi connectivity index (χ2n) is 6.22. The van der Waals surface area contributed by atoms with Crippen molar-refractivity contribution in [3.63, 3.8) is 0 Å². The number of benzene rings is 4. The van der Waals surface area contributed by atoms with Gasteiger partial charge in [-0.3, -0.25) is 0 Å². The zero-order chi connectivity index (χ0) is 19.0. The maximum Gasteiger partial charge on any atom is 0.0340 e. The van der Waals surface area contributed by atoms with Crippen LogP contribution >= 0.6 is 23.5 Å². The molecule has 2 heteroatoms. The summed E-state index contributed by atoms with van der Waals surface area (Å²) >= 11 is 3.65. The van der Waals surface area contributed by atoms with Crippen LogP contribution in [0, 0.1) is 0 Å². The molecule has 0 nitrogen and oxygen atoms in total. The molecule has 0 saturated heterocycles. The molecular weight excluding hydrogens is 376 g/mol. The van der Waals surface area contributed by atoms with Crippen LogP contribution in [0.1, 0.15) is 11.1 Å². The normalized spacial score (nSPS) is 11.7. The monoisotopic (exact) mass is 396 g/mol. The zero-order valence-corrected chi connectivity index (χ0v) is 17.0. The molecule has 0 unspecified atom stereocenters. The molecule has 0 aromatic heterocycles. The molecule has 4 rings (SSSR count). The summed E-state index contributed by atoms with van der Waals surface area (Å²) in [6, 6.07) is 42.5. The molecule has 0 bridgehead atoms. The van der Waals surface area contributed by atoms with Crippen LogP contribution < -0.4 is 0 Å². The van der Waals surface area contributed by atoms with Gasteiger partial charge < -0.3 is 0 Å².